The summed E-state index contributed by atoms with van der Waals surface area (Å²) in [5.74, 6) is 1.57. The molecule has 1 aromatic heterocycles. The number of hydrogen-bond donors (Lipinski definition) is 0. The minimum atomic E-state index is -0.305. The van der Waals surface area contributed by atoms with Gasteiger partial charge < -0.3 is 14.0 Å². The lowest BCUT2D eigenvalue weighted by Gasteiger charge is -2.09. The molecule has 124 valence electrons. The van der Waals surface area contributed by atoms with Crippen LogP contribution in [0.15, 0.2) is 47.0 Å². The molecule has 24 heavy (non-hydrogen) atoms. The van der Waals surface area contributed by atoms with Crippen LogP contribution < -0.4 is 9.47 Å². The highest BCUT2D eigenvalue weighted by Gasteiger charge is 2.12. The third-order valence-corrected chi connectivity index (χ3v) is 3.40. The SMILES string of the molecule is CCOc1ccccc1OCc1nc(-c2ccc(C)c(F)c2)no1. The van der Waals surface area contributed by atoms with E-state index >= 15 is 0 Å². The van der Waals surface area contributed by atoms with Gasteiger partial charge in [-0.2, -0.15) is 4.98 Å². The van der Waals surface area contributed by atoms with E-state index in [9.17, 15) is 4.39 Å². The van der Waals surface area contributed by atoms with E-state index in [2.05, 4.69) is 10.1 Å². The molecule has 0 saturated carbocycles. The van der Waals surface area contributed by atoms with Crippen molar-refractivity contribution in [1.82, 2.24) is 10.1 Å². The van der Waals surface area contributed by atoms with Crippen molar-refractivity contribution < 1.29 is 18.4 Å². The molecule has 0 N–H and O–H groups in total. The fourth-order valence-electron chi connectivity index (χ4n) is 2.15. The van der Waals surface area contributed by atoms with E-state index in [1.165, 1.54) is 6.07 Å². The fourth-order valence-corrected chi connectivity index (χ4v) is 2.15. The standard InChI is InChI=1S/C18H17FN2O3/c1-3-22-15-6-4-5-7-16(15)23-11-17-20-18(21-24-17)13-9-8-12(2)14(19)10-13/h4-10H,3,11H2,1-2H3. The molecule has 0 spiro atoms. The Labute approximate surface area is 139 Å². The second-order valence-electron chi connectivity index (χ2n) is 5.14. The summed E-state index contributed by atoms with van der Waals surface area (Å²) in [4.78, 5) is 4.23. The second kappa shape index (κ2) is 7.12. The molecule has 5 nitrogen and oxygen atoms in total. The minimum absolute atomic E-state index is 0.103. The van der Waals surface area contributed by atoms with Crippen molar-refractivity contribution in [2.75, 3.05) is 6.61 Å². The summed E-state index contributed by atoms with van der Waals surface area (Å²) < 4.78 is 30.0. The molecule has 0 bridgehead atoms. The van der Waals surface area contributed by atoms with Crippen LogP contribution in [0.5, 0.6) is 11.5 Å². The highest BCUT2D eigenvalue weighted by molar-refractivity contribution is 5.54. The zero-order valence-electron chi connectivity index (χ0n) is 13.5. The summed E-state index contributed by atoms with van der Waals surface area (Å²) in [7, 11) is 0. The van der Waals surface area contributed by atoms with Gasteiger partial charge in [-0.05, 0) is 37.6 Å². The first kappa shape index (κ1) is 16.0. The number of nitrogens with zero attached hydrogens (tertiary/aromatic N) is 2. The summed E-state index contributed by atoms with van der Waals surface area (Å²) in [6, 6.07) is 12.2. The first-order chi connectivity index (χ1) is 11.7. The van der Waals surface area contributed by atoms with Crippen LogP contribution in [-0.2, 0) is 6.61 Å². The van der Waals surface area contributed by atoms with Gasteiger partial charge in [-0.25, -0.2) is 4.39 Å². The van der Waals surface area contributed by atoms with Gasteiger partial charge in [-0.1, -0.05) is 29.4 Å². The molecule has 3 aromatic rings. The third kappa shape index (κ3) is 3.53. The Morgan fingerprint density at radius 3 is 2.54 bits per heavy atom. The maximum Gasteiger partial charge on any atom is 0.264 e. The molecule has 3 rings (SSSR count). The summed E-state index contributed by atoms with van der Waals surface area (Å²) in [6.45, 7) is 4.25. The Morgan fingerprint density at radius 1 is 1.08 bits per heavy atom. The van der Waals surface area contributed by atoms with Gasteiger partial charge >= 0.3 is 0 Å². The van der Waals surface area contributed by atoms with Gasteiger partial charge in [0.1, 0.15) is 5.82 Å². The number of ether oxygens (including phenoxy) is 2. The molecule has 0 fully saturated rings. The van der Waals surface area contributed by atoms with Gasteiger partial charge in [0.15, 0.2) is 18.1 Å². The normalized spacial score (nSPS) is 10.6. The number of hydrogen-bond acceptors (Lipinski definition) is 5. The van der Waals surface area contributed by atoms with Crippen molar-refractivity contribution in [2.24, 2.45) is 0 Å². The fraction of sp³-hybridized carbons (Fsp3) is 0.222. The molecule has 0 aliphatic carbocycles. The molecule has 6 heteroatoms. The van der Waals surface area contributed by atoms with E-state index in [0.717, 1.165) is 0 Å². The highest BCUT2D eigenvalue weighted by atomic mass is 19.1. The molecular formula is C18H17FN2O3. The van der Waals surface area contributed by atoms with E-state index in [-0.39, 0.29) is 12.4 Å². The molecule has 0 atom stereocenters. The first-order valence-electron chi connectivity index (χ1n) is 7.61. The molecule has 2 aromatic carbocycles. The van der Waals surface area contributed by atoms with E-state index in [4.69, 9.17) is 14.0 Å². The molecule has 0 aliphatic heterocycles. The molecule has 1 heterocycles. The van der Waals surface area contributed by atoms with Crippen molar-refractivity contribution >= 4 is 0 Å². The lowest BCUT2D eigenvalue weighted by atomic mass is 10.1. The van der Waals surface area contributed by atoms with Gasteiger partial charge in [0.25, 0.3) is 5.89 Å². The summed E-state index contributed by atoms with van der Waals surface area (Å²) in [6.07, 6.45) is 0. The molecule has 0 saturated heterocycles. The Balaban J connectivity index is 1.71. The van der Waals surface area contributed by atoms with Crippen molar-refractivity contribution in [3.63, 3.8) is 0 Å². The van der Waals surface area contributed by atoms with Crippen molar-refractivity contribution in [3.8, 4) is 22.9 Å². The Morgan fingerprint density at radius 2 is 1.83 bits per heavy atom. The van der Waals surface area contributed by atoms with Gasteiger partial charge in [0.2, 0.25) is 5.82 Å². The molecule has 0 radical (unpaired) electrons. The van der Waals surface area contributed by atoms with Gasteiger partial charge in [0.05, 0.1) is 6.61 Å². The smallest absolute Gasteiger partial charge is 0.264 e. The van der Waals surface area contributed by atoms with Crippen LogP contribution in [0, 0.1) is 12.7 Å². The van der Waals surface area contributed by atoms with E-state index < -0.39 is 0 Å². The Hall–Kier alpha value is -2.89. The average Bonchev–Trinajstić information content (AvgIpc) is 3.06. The maximum absolute atomic E-state index is 13.6. The zero-order chi connectivity index (χ0) is 16.9. The van der Waals surface area contributed by atoms with Gasteiger partial charge in [-0.3, -0.25) is 0 Å². The van der Waals surface area contributed by atoms with Crippen LogP contribution >= 0.6 is 0 Å². The summed E-state index contributed by atoms with van der Waals surface area (Å²) in [5.41, 5.74) is 1.13. The molecular weight excluding hydrogens is 311 g/mol. The Bertz CT molecular complexity index is 833. The maximum atomic E-state index is 13.6. The van der Waals surface area contributed by atoms with E-state index in [0.29, 0.717) is 40.9 Å². The van der Waals surface area contributed by atoms with Gasteiger partial charge in [0, 0.05) is 5.56 Å². The van der Waals surface area contributed by atoms with Crippen molar-refractivity contribution in [1.29, 1.82) is 0 Å². The van der Waals surface area contributed by atoms with Crippen LogP contribution in [0.2, 0.25) is 0 Å². The lowest BCUT2D eigenvalue weighted by molar-refractivity contribution is 0.228. The lowest BCUT2D eigenvalue weighted by Crippen LogP contribution is -1.99. The second-order valence-corrected chi connectivity index (χ2v) is 5.14. The van der Waals surface area contributed by atoms with Crippen LogP contribution in [0.3, 0.4) is 0 Å². The van der Waals surface area contributed by atoms with Crippen LogP contribution in [-0.4, -0.2) is 16.7 Å². The van der Waals surface area contributed by atoms with Crippen LogP contribution in [0.1, 0.15) is 18.4 Å². The number of aryl methyl sites for hydroxylation is 1. The first-order valence-corrected chi connectivity index (χ1v) is 7.61. The summed E-state index contributed by atoms with van der Waals surface area (Å²) >= 11 is 0. The quantitative estimate of drug-likeness (QED) is 0.680. The third-order valence-electron chi connectivity index (χ3n) is 3.40. The Kier molecular flexibility index (Phi) is 4.74. The van der Waals surface area contributed by atoms with E-state index in [1.807, 2.05) is 25.1 Å². The number of halogens is 1. The topological polar surface area (TPSA) is 57.4 Å². The molecule has 0 aliphatic rings. The largest absolute Gasteiger partial charge is 0.490 e. The monoisotopic (exact) mass is 328 g/mol. The number of rotatable bonds is 6. The number of aromatic nitrogens is 2. The average molecular weight is 328 g/mol. The number of benzene rings is 2. The van der Waals surface area contributed by atoms with Crippen LogP contribution in [0.25, 0.3) is 11.4 Å². The van der Waals surface area contributed by atoms with E-state index in [1.54, 1.807) is 25.1 Å². The predicted octanol–water partition coefficient (Wildman–Crippen LogP) is 4.16. The highest BCUT2D eigenvalue weighted by Crippen LogP contribution is 2.27. The van der Waals surface area contributed by atoms with Gasteiger partial charge in [-0.15, -0.1) is 0 Å². The number of para-hydroxylation sites is 2. The molecule has 0 unspecified atom stereocenters. The predicted molar refractivity (Wildman–Crippen MR) is 86.4 cm³/mol. The zero-order valence-corrected chi connectivity index (χ0v) is 13.5. The van der Waals surface area contributed by atoms with Crippen molar-refractivity contribution in [2.45, 2.75) is 20.5 Å². The van der Waals surface area contributed by atoms with Crippen molar-refractivity contribution in [3.05, 3.63) is 59.7 Å². The molecule has 0 amide bonds. The minimum Gasteiger partial charge on any atom is -0.490 e. The summed E-state index contributed by atoms with van der Waals surface area (Å²) in [5, 5.41) is 3.86. The van der Waals surface area contributed by atoms with Crippen LogP contribution in [0.4, 0.5) is 4.39 Å².